The molecule has 5 nitrogen and oxygen atoms in total. The number of benzene rings is 2. The van der Waals surface area contributed by atoms with Gasteiger partial charge in [0.15, 0.2) is 0 Å². The molecular formula is C23H23FN4O. The van der Waals surface area contributed by atoms with Crippen molar-refractivity contribution in [2.45, 2.75) is 6.54 Å². The van der Waals surface area contributed by atoms with Crippen molar-refractivity contribution in [3.63, 3.8) is 0 Å². The highest BCUT2D eigenvalue weighted by atomic mass is 19.1. The first-order chi connectivity index (χ1) is 14.2. The van der Waals surface area contributed by atoms with Gasteiger partial charge >= 0.3 is 0 Å². The topological polar surface area (TPSA) is 48.5 Å². The highest BCUT2D eigenvalue weighted by Crippen LogP contribution is 2.22. The molecule has 0 spiro atoms. The number of nitrogens with zero attached hydrogens (tertiary/aromatic N) is 3. The van der Waals surface area contributed by atoms with Gasteiger partial charge in [-0.3, -0.25) is 4.79 Å². The second-order valence-electron chi connectivity index (χ2n) is 7.00. The van der Waals surface area contributed by atoms with Gasteiger partial charge in [-0.25, -0.2) is 9.37 Å². The summed E-state index contributed by atoms with van der Waals surface area (Å²) < 4.78 is 14.0. The number of halogens is 1. The summed E-state index contributed by atoms with van der Waals surface area (Å²) in [6, 6.07) is 20.2. The third kappa shape index (κ3) is 4.54. The maximum Gasteiger partial charge on any atom is 0.251 e. The molecule has 1 saturated heterocycles. The molecular weight excluding hydrogens is 367 g/mol. The predicted octanol–water partition coefficient (Wildman–Crippen LogP) is 3.48. The van der Waals surface area contributed by atoms with Crippen LogP contribution < -0.4 is 15.1 Å². The van der Waals surface area contributed by atoms with Gasteiger partial charge < -0.3 is 15.1 Å². The number of hydrogen-bond donors (Lipinski definition) is 1. The molecule has 2 aromatic carbocycles. The van der Waals surface area contributed by atoms with E-state index in [1.165, 1.54) is 6.07 Å². The Bertz CT molecular complexity index is 971. The van der Waals surface area contributed by atoms with Crippen molar-refractivity contribution in [2.24, 2.45) is 0 Å². The van der Waals surface area contributed by atoms with Crippen LogP contribution in [-0.4, -0.2) is 37.1 Å². The van der Waals surface area contributed by atoms with E-state index in [-0.39, 0.29) is 11.7 Å². The fourth-order valence-electron chi connectivity index (χ4n) is 3.50. The maximum absolute atomic E-state index is 14.0. The zero-order valence-electron chi connectivity index (χ0n) is 16.1. The van der Waals surface area contributed by atoms with E-state index >= 15 is 0 Å². The van der Waals surface area contributed by atoms with Crippen molar-refractivity contribution in [1.29, 1.82) is 0 Å². The van der Waals surface area contributed by atoms with Crippen molar-refractivity contribution >= 4 is 17.4 Å². The molecule has 148 valence electrons. The second-order valence-corrected chi connectivity index (χ2v) is 7.00. The molecule has 1 aliphatic rings. The molecule has 1 N–H and O–H groups in total. The van der Waals surface area contributed by atoms with E-state index in [0.717, 1.165) is 24.5 Å². The summed E-state index contributed by atoms with van der Waals surface area (Å²) in [5.41, 5.74) is 2.27. The van der Waals surface area contributed by atoms with Gasteiger partial charge in [-0.2, -0.15) is 0 Å². The number of hydrogen-bond acceptors (Lipinski definition) is 4. The van der Waals surface area contributed by atoms with Crippen molar-refractivity contribution < 1.29 is 9.18 Å². The Morgan fingerprint density at radius 3 is 2.38 bits per heavy atom. The standard InChI is InChI=1S/C23H23FN4O/c24-20-8-4-5-9-21(20)27-12-14-28(15-13-27)22-16-19(10-11-25-22)23(29)26-17-18-6-2-1-3-7-18/h1-11,16H,12-15,17H2,(H,26,29). The summed E-state index contributed by atoms with van der Waals surface area (Å²) in [5, 5.41) is 2.95. The monoisotopic (exact) mass is 390 g/mol. The Morgan fingerprint density at radius 2 is 1.62 bits per heavy atom. The number of amides is 1. The summed E-state index contributed by atoms with van der Waals surface area (Å²) in [5.74, 6) is 0.448. The highest BCUT2D eigenvalue weighted by Gasteiger charge is 2.20. The molecule has 29 heavy (non-hydrogen) atoms. The quantitative estimate of drug-likeness (QED) is 0.725. The highest BCUT2D eigenvalue weighted by molar-refractivity contribution is 5.94. The van der Waals surface area contributed by atoms with Gasteiger partial charge in [0.2, 0.25) is 0 Å². The lowest BCUT2D eigenvalue weighted by Gasteiger charge is -2.36. The predicted molar refractivity (Wildman–Crippen MR) is 113 cm³/mol. The lowest BCUT2D eigenvalue weighted by Crippen LogP contribution is -2.47. The van der Waals surface area contributed by atoms with Gasteiger partial charge in [0.05, 0.1) is 5.69 Å². The van der Waals surface area contributed by atoms with Crippen molar-refractivity contribution in [2.75, 3.05) is 36.0 Å². The van der Waals surface area contributed by atoms with Crippen molar-refractivity contribution in [3.05, 3.63) is 89.9 Å². The molecule has 1 amide bonds. The molecule has 1 aliphatic heterocycles. The largest absolute Gasteiger partial charge is 0.366 e. The molecule has 4 rings (SSSR count). The van der Waals surface area contributed by atoms with E-state index in [4.69, 9.17) is 0 Å². The lowest BCUT2D eigenvalue weighted by molar-refractivity contribution is 0.0951. The smallest absolute Gasteiger partial charge is 0.251 e. The van der Waals surface area contributed by atoms with Crippen LogP contribution in [0.3, 0.4) is 0 Å². The molecule has 0 bridgehead atoms. The number of pyridine rings is 1. The number of piperazine rings is 1. The SMILES string of the molecule is O=C(NCc1ccccc1)c1ccnc(N2CCN(c3ccccc3F)CC2)c1. The number of rotatable bonds is 5. The average Bonchev–Trinajstić information content (AvgIpc) is 2.79. The van der Waals surface area contributed by atoms with Gasteiger partial charge in [0, 0.05) is 44.5 Å². The molecule has 1 aromatic heterocycles. The Hall–Kier alpha value is -3.41. The van der Waals surface area contributed by atoms with E-state index in [9.17, 15) is 9.18 Å². The average molecular weight is 390 g/mol. The van der Waals surface area contributed by atoms with E-state index in [2.05, 4.69) is 15.2 Å². The fraction of sp³-hybridized carbons (Fsp3) is 0.217. The number of nitrogens with one attached hydrogen (secondary N) is 1. The molecule has 1 fully saturated rings. The summed E-state index contributed by atoms with van der Waals surface area (Å²) >= 11 is 0. The van der Waals surface area contributed by atoms with Gasteiger partial charge in [-0.1, -0.05) is 42.5 Å². The first-order valence-corrected chi connectivity index (χ1v) is 9.73. The van der Waals surface area contributed by atoms with E-state index in [1.54, 1.807) is 24.4 Å². The van der Waals surface area contributed by atoms with Gasteiger partial charge in [-0.05, 0) is 29.8 Å². The minimum Gasteiger partial charge on any atom is -0.366 e. The normalized spacial score (nSPS) is 14.0. The molecule has 0 atom stereocenters. The van der Waals surface area contributed by atoms with Crippen LogP contribution in [0.1, 0.15) is 15.9 Å². The number of para-hydroxylation sites is 1. The zero-order chi connectivity index (χ0) is 20.1. The minimum atomic E-state index is -0.198. The summed E-state index contributed by atoms with van der Waals surface area (Å²) in [6.07, 6.45) is 1.66. The first-order valence-electron chi connectivity index (χ1n) is 9.73. The third-order valence-electron chi connectivity index (χ3n) is 5.10. The molecule has 0 unspecified atom stereocenters. The zero-order valence-corrected chi connectivity index (χ0v) is 16.1. The maximum atomic E-state index is 14.0. The molecule has 0 saturated carbocycles. The molecule has 0 aliphatic carbocycles. The molecule has 0 radical (unpaired) electrons. The number of aromatic nitrogens is 1. The second kappa shape index (κ2) is 8.73. The Morgan fingerprint density at radius 1 is 0.931 bits per heavy atom. The van der Waals surface area contributed by atoms with Gasteiger partial charge in [0.25, 0.3) is 5.91 Å². The van der Waals surface area contributed by atoms with E-state index < -0.39 is 0 Å². The fourth-order valence-corrected chi connectivity index (χ4v) is 3.50. The van der Waals surface area contributed by atoms with Crippen molar-refractivity contribution in [3.8, 4) is 0 Å². The number of carbonyl (C=O) groups excluding carboxylic acids is 1. The van der Waals surface area contributed by atoms with Crippen LogP contribution in [0.25, 0.3) is 0 Å². The van der Waals surface area contributed by atoms with Crippen LogP contribution in [-0.2, 0) is 6.54 Å². The van der Waals surface area contributed by atoms with Gasteiger partial charge in [0.1, 0.15) is 11.6 Å². The van der Waals surface area contributed by atoms with Crippen LogP contribution in [0.5, 0.6) is 0 Å². The Labute approximate surface area is 169 Å². The third-order valence-corrected chi connectivity index (χ3v) is 5.10. The number of anilines is 2. The van der Waals surface area contributed by atoms with Crippen LogP contribution in [0.4, 0.5) is 15.9 Å². The summed E-state index contributed by atoms with van der Waals surface area (Å²) in [7, 11) is 0. The van der Waals surface area contributed by atoms with Crippen LogP contribution in [0.15, 0.2) is 72.9 Å². The Kier molecular flexibility index (Phi) is 5.70. The van der Waals surface area contributed by atoms with Crippen LogP contribution >= 0.6 is 0 Å². The van der Waals surface area contributed by atoms with Crippen LogP contribution in [0, 0.1) is 5.82 Å². The molecule has 2 heterocycles. The van der Waals surface area contributed by atoms with E-state index in [0.29, 0.717) is 30.9 Å². The van der Waals surface area contributed by atoms with E-state index in [1.807, 2.05) is 47.4 Å². The number of carbonyl (C=O) groups is 1. The molecule has 6 heteroatoms. The Balaban J connectivity index is 1.38. The minimum absolute atomic E-state index is 0.123. The lowest BCUT2D eigenvalue weighted by atomic mass is 10.2. The van der Waals surface area contributed by atoms with Crippen LogP contribution in [0.2, 0.25) is 0 Å². The first kappa shape index (κ1) is 18.9. The summed E-state index contributed by atoms with van der Waals surface area (Å²) in [4.78, 5) is 21.1. The van der Waals surface area contributed by atoms with Gasteiger partial charge in [-0.15, -0.1) is 0 Å². The summed E-state index contributed by atoms with van der Waals surface area (Å²) in [6.45, 7) is 3.32. The molecule has 3 aromatic rings. The van der Waals surface area contributed by atoms with Crippen molar-refractivity contribution in [1.82, 2.24) is 10.3 Å².